The SMILES string of the molecule is N#C[C@H](Cc1ccc(-c2ccc3cnn(C4CCN(C5COC5)CC4)c3c2)cc1F)NC(=O)[C@@H](O)CN. The summed E-state index contributed by atoms with van der Waals surface area (Å²) < 4.78 is 22.5. The molecule has 3 heterocycles. The number of benzene rings is 2. The van der Waals surface area contributed by atoms with E-state index in [0.717, 1.165) is 55.6 Å². The molecule has 1 aromatic heterocycles. The normalized spacial score (nSPS) is 18.8. The summed E-state index contributed by atoms with van der Waals surface area (Å²) in [6.45, 7) is 3.46. The number of aromatic nitrogens is 2. The molecule has 5 rings (SSSR count). The smallest absolute Gasteiger partial charge is 0.251 e. The van der Waals surface area contributed by atoms with Crippen LogP contribution in [0.15, 0.2) is 42.6 Å². The lowest BCUT2D eigenvalue weighted by molar-refractivity contribution is -0.129. The molecule has 3 aromatic rings. The summed E-state index contributed by atoms with van der Waals surface area (Å²) in [6.07, 6.45) is 2.51. The number of fused-ring (bicyclic) bond motifs is 1. The quantitative estimate of drug-likeness (QED) is 0.424. The van der Waals surface area contributed by atoms with Gasteiger partial charge in [0.25, 0.3) is 5.91 Å². The molecule has 2 fully saturated rings. The number of nitriles is 1. The largest absolute Gasteiger partial charge is 0.382 e. The summed E-state index contributed by atoms with van der Waals surface area (Å²) in [4.78, 5) is 14.4. The van der Waals surface area contributed by atoms with E-state index in [1.54, 1.807) is 6.07 Å². The van der Waals surface area contributed by atoms with Crippen molar-refractivity contribution in [3.63, 3.8) is 0 Å². The van der Waals surface area contributed by atoms with E-state index in [-0.39, 0.29) is 13.0 Å². The Bertz CT molecular complexity index is 1310. The third kappa shape index (κ3) is 5.36. The molecule has 1 amide bonds. The fourth-order valence-electron chi connectivity index (χ4n) is 5.05. The van der Waals surface area contributed by atoms with Crippen LogP contribution in [0.4, 0.5) is 4.39 Å². The van der Waals surface area contributed by atoms with Crippen molar-refractivity contribution in [1.29, 1.82) is 5.26 Å². The van der Waals surface area contributed by atoms with Crippen molar-refractivity contribution in [1.82, 2.24) is 20.0 Å². The number of halogens is 1. The zero-order valence-corrected chi connectivity index (χ0v) is 20.5. The Balaban J connectivity index is 1.31. The lowest BCUT2D eigenvalue weighted by Crippen LogP contribution is -2.51. The summed E-state index contributed by atoms with van der Waals surface area (Å²) in [5.41, 5.74) is 8.19. The number of rotatable bonds is 8. The third-order valence-corrected chi connectivity index (χ3v) is 7.39. The first-order chi connectivity index (χ1) is 18.0. The van der Waals surface area contributed by atoms with Crippen LogP contribution in [0, 0.1) is 17.1 Å². The van der Waals surface area contributed by atoms with Gasteiger partial charge in [-0.2, -0.15) is 10.4 Å². The molecular formula is C27H31FN6O3. The summed E-state index contributed by atoms with van der Waals surface area (Å²) in [5.74, 6) is -1.22. The Morgan fingerprint density at radius 3 is 2.59 bits per heavy atom. The highest BCUT2D eigenvalue weighted by molar-refractivity contribution is 5.84. The predicted molar refractivity (Wildman–Crippen MR) is 136 cm³/mol. The molecule has 0 saturated carbocycles. The molecule has 0 spiro atoms. The predicted octanol–water partition coefficient (Wildman–Crippen LogP) is 1.75. The highest BCUT2D eigenvalue weighted by Gasteiger charge is 2.30. The van der Waals surface area contributed by atoms with Crippen molar-refractivity contribution < 1.29 is 19.0 Å². The minimum Gasteiger partial charge on any atom is -0.382 e. The fourth-order valence-corrected chi connectivity index (χ4v) is 5.05. The maximum atomic E-state index is 15.0. The zero-order valence-electron chi connectivity index (χ0n) is 20.5. The van der Waals surface area contributed by atoms with E-state index in [9.17, 15) is 15.2 Å². The fraction of sp³-hybridized carbons (Fsp3) is 0.444. The maximum Gasteiger partial charge on any atom is 0.251 e. The van der Waals surface area contributed by atoms with Gasteiger partial charge in [0.1, 0.15) is 18.0 Å². The number of amides is 1. The second kappa shape index (κ2) is 10.9. The summed E-state index contributed by atoms with van der Waals surface area (Å²) in [7, 11) is 0. The minimum atomic E-state index is -1.41. The van der Waals surface area contributed by atoms with Crippen LogP contribution in [-0.2, 0) is 16.0 Å². The summed E-state index contributed by atoms with van der Waals surface area (Å²) >= 11 is 0. The maximum absolute atomic E-state index is 15.0. The van der Waals surface area contributed by atoms with Gasteiger partial charge < -0.3 is 20.9 Å². The molecule has 9 nitrogen and oxygen atoms in total. The molecule has 2 saturated heterocycles. The molecule has 0 radical (unpaired) electrons. The van der Waals surface area contributed by atoms with E-state index in [1.807, 2.05) is 30.5 Å². The van der Waals surface area contributed by atoms with E-state index >= 15 is 4.39 Å². The zero-order chi connectivity index (χ0) is 25.9. The number of likely N-dealkylation sites (tertiary alicyclic amines) is 1. The highest BCUT2D eigenvalue weighted by Crippen LogP contribution is 2.31. The van der Waals surface area contributed by atoms with Crippen LogP contribution >= 0.6 is 0 Å². The van der Waals surface area contributed by atoms with Crippen molar-refractivity contribution in [2.24, 2.45) is 5.73 Å². The lowest BCUT2D eigenvalue weighted by Gasteiger charge is -2.41. The lowest BCUT2D eigenvalue weighted by atomic mass is 9.99. The van der Waals surface area contributed by atoms with Gasteiger partial charge in [0, 0.05) is 31.4 Å². The second-order valence-corrected chi connectivity index (χ2v) is 9.77. The molecule has 0 unspecified atom stereocenters. The van der Waals surface area contributed by atoms with Gasteiger partial charge in [-0.15, -0.1) is 0 Å². The van der Waals surface area contributed by atoms with Crippen molar-refractivity contribution in [3.05, 3.63) is 54.0 Å². The number of nitrogens with zero attached hydrogens (tertiary/aromatic N) is 4. The van der Waals surface area contributed by atoms with Crippen LogP contribution < -0.4 is 11.1 Å². The van der Waals surface area contributed by atoms with Gasteiger partial charge in [0.2, 0.25) is 0 Å². The number of ether oxygens (including phenoxy) is 1. The number of piperidine rings is 1. The van der Waals surface area contributed by atoms with E-state index in [1.165, 1.54) is 6.07 Å². The van der Waals surface area contributed by atoms with Crippen LogP contribution in [0.5, 0.6) is 0 Å². The monoisotopic (exact) mass is 506 g/mol. The summed E-state index contributed by atoms with van der Waals surface area (Å²) in [5, 5.41) is 27.0. The first kappa shape index (κ1) is 25.3. The molecule has 10 heteroatoms. The Hall–Kier alpha value is -3.36. The van der Waals surface area contributed by atoms with Gasteiger partial charge in [-0.3, -0.25) is 14.4 Å². The topological polar surface area (TPSA) is 129 Å². The van der Waals surface area contributed by atoms with Crippen molar-refractivity contribution in [3.8, 4) is 17.2 Å². The van der Waals surface area contributed by atoms with Crippen molar-refractivity contribution in [2.45, 2.75) is 43.5 Å². The summed E-state index contributed by atoms with van der Waals surface area (Å²) in [6, 6.07) is 12.7. The number of hydrogen-bond donors (Lipinski definition) is 3. The van der Waals surface area contributed by atoms with E-state index in [2.05, 4.69) is 26.1 Å². The molecule has 2 aliphatic heterocycles. The number of carbonyl (C=O) groups excluding carboxylic acids is 1. The Kier molecular flexibility index (Phi) is 7.48. The van der Waals surface area contributed by atoms with Crippen LogP contribution in [-0.4, -0.2) is 76.7 Å². The molecule has 37 heavy (non-hydrogen) atoms. The molecular weight excluding hydrogens is 475 g/mol. The van der Waals surface area contributed by atoms with Crippen LogP contribution in [0.2, 0.25) is 0 Å². The Labute approximate surface area is 214 Å². The number of carbonyl (C=O) groups is 1. The van der Waals surface area contributed by atoms with Gasteiger partial charge in [-0.25, -0.2) is 4.39 Å². The molecule has 2 aliphatic rings. The molecule has 4 N–H and O–H groups in total. The Morgan fingerprint density at radius 2 is 1.95 bits per heavy atom. The standard InChI is InChI=1S/C27H31FN6O3/c28-24-10-17(1-3-19(24)9-21(12-29)32-27(36)26(35)13-30)18-2-4-20-14-31-34(25(20)11-18)22-5-7-33(8-6-22)23-15-37-16-23/h1-4,10-11,14,21-23,26,35H,5-9,13,15-16,30H2,(H,32,36)/t21-,26-/m0/s1. The molecule has 0 bridgehead atoms. The van der Waals surface area contributed by atoms with E-state index in [0.29, 0.717) is 23.2 Å². The number of aliphatic hydroxyl groups excluding tert-OH is 1. The second-order valence-electron chi connectivity index (χ2n) is 9.77. The first-order valence-electron chi connectivity index (χ1n) is 12.6. The van der Waals surface area contributed by atoms with Gasteiger partial charge >= 0.3 is 0 Å². The number of nitrogens with two attached hydrogens (primary N) is 1. The third-order valence-electron chi connectivity index (χ3n) is 7.39. The van der Waals surface area contributed by atoms with Gasteiger partial charge in [-0.05, 0) is 41.7 Å². The molecule has 2 atom stereocenters. The van der Waals surface area contributed by atoms with Crippen LogP contribution in [0.25, 0.3) is 22.0 Å². The highest BCUT2D eigenvalue weighted by atomic mass is 19.1. The van der Waals surface area contributed by atoms with Gasteiger partial charge in [0.15, 0.2) is 0 Å². The van der Waals surface area contributed by atoms with E-state index in [4.69, 9.17) is 10.5 Å². The van der Waals surface area contributed by atoms with E-state index < -0.39 is 23.9 Å². The number of hydrogen-bond acceptors (Lipinski definition) is 7. The Morgan fingerprint density at radius 1 is 1.22 bits per heavy atom. The van der Waals surface area contributed by atoms with Gasteiger partial charge in [-0.1, -0.05) is 24.3 Å². The number of nitrogens with one attached hydrogen (secondary N) is 1. The minimum absolute atomic E-state index is 0.0247. The van der Waals surface area contributed by atoms with Crippen LogP contribution in [0.3, 0.4) is 0 Å². The average Bonchev–Trinajstić information content (AvgIpc) is 3.31. The van der Waals surface area contributed by atoms with Crippen molar-refractivity contribution >= 4 is 16.8 Å². The van der Waals surface area contributed by atoms with Gasteiger partial charge in [0.05, 0.1) is 43.1 Å². The molecule has 2 aromatic carbocycles. The van der Waals surface area contributed by atoms with Crippen LogP contribution in [0.1, 0.15) is 24.4 Å². The first-order valence-corrected chi connectivity index (χ1v) is 12.6. The average molecular weight is 507 g/mol. The molecule has 194 valence electrons. The number of aliphatic hydroxyl groups is 1. The van der Waals surface area contributed by atoms with Crippen molar-refractivity contribution in [2.75, 3.05) is 32.8 Å². The molecule has 0 aliphatic carbocycles.